The molecule has 0 N–H and O–H groups in total. The van der Waals surface area contributed by atoms with E-state index in [9.17, 15) is 0 Å². The number of rotatable bonds is 5. The summed E-state index contributed by atoms with van der Waals surface area (Å²) in [5.74, 6) is 0. The van der Waals surface area contributed by atoms with Gasteiger partial charge in [-0.3, -0.25) is 9.98 Å². The Hall–Kier alpha value is -1.12. The molecule has 0 atom stereocenters. The van der Waals surface area contributed by atoms with Crippen LogP contribution < -0.4 is 0 Å². The zero-order valence-electron chi connectivity index (χ0n) is 8.99. The third kappa shape index (κ3) is 7.25. The van der Waals surface area contributed by atoms with E-state index in [0.717, 1.165) is 18.8 Å². The van der Waals surface area contributed by atoms with Crippen LogP contribution in [-0.4, -0.2) is 37.0 Å². The zero-order valence-corrected chi connectivity index (χ0v) is 8.99. The second kappa shape index (κ2) is 7.53. The van der Waals surface area contributed by atoms with E-state index >= 15 is 0 Å². The highest BCUT2D eigenvalue weighted by atomic mass is 15.1. The summed E-state index contributed by atoms with van der Waals surface area (Å²) in [7, 11) is 1.78. The van der Waals surface area contributed by atoms with Crippen molar-refractivity contribution in [1.82, 2.24) is 4.90 Å². The van der Waals surface area contributed by atoms with Crippen molar-refractivity contribution in [2.75, 3.05) is 20.1 Å². The molecular formula is C10H19N3. The molecule has 0 rings (SSSR count). The topological polar surface area (TPSA) is 28.0 Å². The number of hydrogen-bond donors (Lipinski definition) is 0. The van der Waals surface area contributed by atoms with Crippen LogP contribution in [0.2, 0.25) is 0 Å². The van der Waals surface area contributed by atoms with Crippen LogP contribution in [0.5, 0.6) is 0 Å². The van der Waals surface area contributed by atoms with E-state index < -0.39 is 0 Å². The number of nitrogens with zero attached hydrogens (tertiary/aromatic N) is 3. The second-order valence-corrected chi connectivity index (χ2v) is 2.90. The Morgan fingerprint density at radius 3 is 2.54 bits per heavy atom. The van der Waals surface area contributed by atoms with E-state index in [0.29, 0.717) is 0 Å². The summed E-state index contributed by atoms with van der Waals surface area (Å²) in [6, 6.07) is 0. The molecule has 0 aromatic rings. The van der Waals surface area contributed by atoms with Gasteiger partial charge in [0.05, 0.1) is 6.54 Å². The lowest BCUT2D eigenvalue weighted by Crippen LogP contribution is -2.18. The Morgan fingerprint density at radius 1 is 1.38 bits per heavy atom. The SMILES string of the molecule is CCN(C=CN=C(C)C)CC=NC. The van der Waals surface area contributed by atoms with Crippen molar-refractivity contribution in [2.45, 2.75) is 20.8 Å². The van der Waals surface area contributed by atoms with Crippen LogP contribution in [0.3, 0.4) is 0 Å². The van der Waals surface area contributed by atoms with Crippen molar-refractivity contribution < 1.29 is 0 Å². The van der Waals surface area contributed by atoms with E-state index in [1.807, 2.05) is 32.5 Å². The summed E-state index contributed by atoms with van der Waals surface area (Å²) in [5, 5.41) is 0. The average molecular weight is 181 g/mol. The molecule has 13 heavy (non-hydrogen) atoms. The molecule has 0 aromatic heterocycles. The van der Waals surface area contributed by atoms with Gasteiger partial charge in [0.15, 0.2) is 0 Å². The van der Waals surface area contributed by atoms with Gasteiger partial charge in [-0.05, 0) is 20.8 Å². The summed E-state index contributed by atoms with van der Waals surface area (Å²) in [4.78, 5) is 10.2. The highest BCUT2D eigenvalue weighted by Crippen LogP contribution is 1.88. The molecule has 0 heterocycles. The first kappa shape index (κ1) is 11.9. The Kier molecular flexibility index (Phi) is 6.88. The largest absolute Gasteiger partial charge is 0.371 e. The molecule has 0 aliphatic heterocycles. The van der Waals surface area contributed by atoms with E-state index in [2.05, 4.69) is 21.8 Å². The molecule has 0 saturated heterocycles. The molecule has 0 bridgehead atoms. The van der Waals surface area contributed by atoms with Crippen molar-refractivity contribution in [2.24, 2.45) is 9.98 Å². The number of aliphatic imine (C=N–C) groups is 2. The van der Waals surface area contributed by atoms with Crippen LogP contribution >= 0.6 is 0 Å². The monoisotopic (exact) mass is 181 g/mol. The maximum absolute atomic E-state index is 4.17. The lowest BCUT2D eigenvalue weighted by atomic mass is 10.5. The predicted octanol–water partition coefficient (Wildman–Crippen LogP) is 1.96. The van der Waals surface area contributed by atoms with Crippen molar-refractivity contribution in [3.8, 4) is 0 Å². The Labute approximate surface area is 80.9 Å². The molecule has 0 aliphatic rings. The summed E-state index contributed by atoms with van der Waals surface area (Å²) in [6.07, 6.45) is 5.69. The summed E-state index contributed by atoms with van der Waals surface area (Å²) >= 11 is 0. The van der Waals surface area contributed by atoms with Crippen LogP contribution in [0.4, 0.5) is 0 Å². The smallest absolute Gasteiger partial charge is 0.0522 e. The van der Waals surface area contributed by atoms with Crippen LogP contribution in [0, 0.1) is 0 Å². The van der Waals surface area contributed by atoms with Crippen LogP contribution in [0.25, 0.3) is 0 Å². The van der Waals surface area contributed by atoms with E-state index in [-0.39, 0.29) is 0 Å². The third-order valence-corrected chi connectivity index (χ3v) is 1.52. The quantitative estimate of drug-likeness (QED) is 0.596. The van der Waals surface area contributed by atoms with Gasteiger partial charge in [0.25, 0.3) is 0 Å². The van der Waals surface area contributed by atoms with Crippen LogP contribution in [0.1, 0.15) is 20.8 Å². The minimum absolute atomic E-state index is 0.849. The third-order valence-electron chi connectivity index (χ3n) is 1.52. The van der Waals surface area contributed by atoms with E-state index in [1.165, 1.54) is 0 Å². The second-order valence-electron chi connectivity index (χ2n) is 2.90. The van der Waals surface area contributed by atoms with Gasteiger partial charge in [0, 0.05) is 37.9 Å². The van der Waals surface area contributed by atoms with Gasteiger partial charge in [-0.1, -0.05) is 0 Å². The normalized spacial score (nSPS) is 11.1. The fraction of sp³-hybridized carbons (Fsp3) is 0.600. The molecular weight excluding hydrogens is 162 g/mol. The summed E-state index contributed by atoms with van der Waals surface area (Å²) in [6.45, 7) is 7.89. The fourth-order valence-electron chi connectivity index (χ4n) is 0.759. The molecule has 0 fully saturated rings. The van der Waals surface area contributed by atoms with E-state index in [1.54, 1.807) is 7.05 Å². The van der Waals surface area contributed by atoms with Gasteiger partial charge in [-0.15, -0.1) is 0 Å². The minimum Gasteiger partial charge on any atom is -0.371 e. The fourth-order valence-corrected chi connectivity index (χ4v) is 0.759. The minimum atomic E-state index is 0.849. The van der Waals surface area contributed by atoms with Crippen LogP contribution in [-0.2, 0) is 0 Å². The van der Waals surface area contributed by atoms with Gasteiger partial charge in [-0.25, -0.2) is 0 Å². The van der Waals surface area contributed by atoms with E-state index in [4.69, 9.17) is 0 Å². The molecule has 0 aliphatic carbocycles. The Balaban J connectivity index is 3.96. The highest BCUT2D eigenvalue weighted by molar-refractivity contribution is 5.79. The van der Waals surface area contributed by atoms with Gasteiger partial charge >= 0.3 is 0 Å². The first-order valence-corrected chi connectivity index (χ1v) is 4.53. The molecule has 74 valence electrons. The average Bonchev–Trinajstić information content (AvgIpc) is 2.10. The first-order valence-electron chi connectivity index (χ1n) is 4.53. The van der Waals surface area contributed by atoms with Gasteiger partial charge in [-0.2, -0.15) is 0 Å². The first-order chi connectivity index (χ1) is 6.20. The van der Waals surface area contributed by atoms with Gasteiger partial charge in [0.1, 0.15) is 0 Å². The van der Waals surface area contributed by atoms with Gasteiger partial charge < -0.3 is 4.90 Å². The number of hydrogen-bond acceptors (Lipinski definition) is 3. The Morgan fingerprint density at radius 2 is 2.08 bits per heavy atom. The van der Waals surface area contributed by atoms with Crippen LogP contribution in [0.15, 0.2) is 22.4 Å². The molecule has 0 radical (unpaired) electrons. The molecule has 0 saturated carbocycles. The molecule has 3 nitrogen and oxygen atoms in total. The summed E-state index contributed by atoms with van der Waals surface area (Å²) in [5.41, 5.74) is 1.07. The Bertz CT molecular complexity index is 200. The standard InChI is InChI=1S/C10H19N3/c1-5-13(8-6-11-4)9-7-12-10(2)3/h6-7,9H,5,8H2,1-4H3. The maximum Gasteiger partial charge on any atom is 0.0522 e. The maximum atomic E-state index is 4.17. The lowest BCUT2D eigenvalue weighted by molar-refractivity contribution is 0.454. The zero-order chi connectivity index (χ0) is 10.1. The van der Waals surface area contributed by atoms with Gasteiger partial charge in [0.2, 0.25) is 0 Å². The summed E-state index contributed by atoms with van der Waals surface area (Å²) < 4.78 is 0. The molecule has 0 spiro atoms. The van der Waals surface area contributed by atoms with Crippen molar-refractivity contribution in [3.05, 3.63) is 12.4 Å². The highest BCUT2D eigenvalue weighted by Gasteiger charge is 1.89. The van der Waals surface area contributed by atoms with Crippen molar-refractivity contribution in [3.63, 3.8) is 0 Å². The molecule has 0 amide bonds. The molecule has 0 aromatic carbocycles. The lowest BCUT2D eigenvalue weighted by Gasteiger charge is -2.13. The van der Waals surface area contributed by atoms with Crippen molar-refractivity contribution >= 4 is 11.9 Å². The predicted molar refractivity (Wildman–Crippen MR) is 59.6 cm³/mol. The van der Waals surface area contributed by atoms with Crippen molar-refractivity contribution in [1.29, 1.82) is 0 Å². The molecule has 0 unspecified atom stereocenters. The molecule has 3 heteroatoms.